The van der Waals surface area contributed by atoms with Crippen molar-refractivity contribution in [3.8, 4) is 17.2 Å². The predicted molar refractivity (Wildman–Crippen MR) is 93.2 cm³/mol. The Labute approximate surface area is 156 Å². The van der Waals surface area contributed by atoms with Crippen molar-refractivity contribution in [2.24, 2.45) is 0 Å². The molecule has 0 aliphatic heterocycles. The van der Waals surface area contributed by atoms with Crippen LogP contribution in [0.15, 0.2) is 34.8 Å². The third-order valence-electron chi connectivity index (χ3n) is 3.48. The number of anilines is 1. The maximum absolute atomic E-state index is 12.6. The Morgan fingerprint density at radius 1 is 1.00 bits per heavy atom. The van der Waals surface area contributed by atoms with E-state index in [2.05, 4.69) is 21.2 Å². The van der Waals surface area contributed by atoms with Gasteiger partial charge in [0, 0.05) is 5.69 Å². The van der Waals surface area contributed by atoms with E-state index in [1.54, 1.807) is 0 Å². The van der Waals surface area contributed by atoms with Crippen LogP contribution in [0.5, 0.6) is 17.2 Å². The fourth-order valence-electron chi connectivity index (χ4n) is 2.23. The highest BCUT2D eigenvalue weighted by molar-refractivity contribution is 9.10. The maximum atomic E-state index is 12.6. The monoisotopic (exact) mass is 433 g/mol. The van der Waals surface area contributed by atoms with E-state index in [0.29, 0.717) is 10.2 Å². The van der Waals surface area contributed by atoms with Gasteiger partial charge < -0.3 is 19.5 Å². The van der Waals surface area contributed by atoms with Gasteiger partial charge in [0.05, 0.1) is 36.9 Å². The number of hydrogen-bond acceptors (Lipinski definition) is 4. The molecule has 2 aromatic carbocycles. The second-order valence-corrected chi connectivity index (χ2v) is 5.83. The van der Waals surface area contributed by atoms with Gasteiger partial charge in [0.15, 0.2) is 11.5 Å². The van der Waals surface area contributed by atoms with Crippen LogP contribution in [0.1, 0.15) is 15.9 Å². The van der Waals surface area contributed by atoms with Gasteiger partial charge in [-0.15, -0.1) is 0 Å². The SMILES string of the molecule is COc1cc(C(=O)Nc2ccc(C(F)(F)F)cc2)c(Br)c(OC)c1OC. The largest absolute Gasteiger partial charge is 0.493 e. The van der Waals surface area contributed by atoms with Gasteiger partial charge in [-0.2, -0.15) is 13.2 Å². The van der Waals surface area contributed by atoms with Crippen molar-refractivity contribution in [2.75, 3.05) is 26.6 Å². The predicted octanol–water partition coefficient (Wildman–Crippen LogP) is 4.75. The standard InChI is InChI=1S/C17H15BrF3NO4/c1-24-12-8-11(13(18)15(26-3)14(12)25-2)16(23)22-10-6-4-9(5-7-10)17(19,20)21/h4-8H,1-3H3,(H,22,23). The van der Waals surface area contributed by atoms with Crippen LogP contribution in [-0.2, 0) is 6.18 Å². The van der Waals surface area contributed by atoms with Gasteiger partial charge in [0.25, 0.3) is 5.91 Å². The van der Waals surface area contributed by atoms with Gasteiger partial charge in [0.2, 0.25) is 5.75 Å². The smallest absolute Gasteiger partial charge is 0.416 e. The molecule has 9 heteroatoms. The molecule has 0 aliphatic carbocycles. The molecular formula is C17H15BrF3NO4. The number of alkyl halides is 3. The van der Waals surface area contributed by atoms with E-state index in [1.807, 2.05) is 0 Å². The molecule has 26 heavy (non-hydrogen) atoms. The third kappa shape index (κ3) is 4.04. The molecule has 2 aromatic rings. The lowest BCUT2D eigenvalue weighted by atomic mass is 10.1. The van der Waals surface area contributed by atoms with E-state index in [1.165, 1.54) is 39.5 Å². The number of carbonyl (C=O) groups is 1. The van der Waals surface area contributed by atoms with Crippen molar-refractivity contribution < 1.29 is 32.2 Å². The van der Waals surface area contributed by atoms with Crippen LogP contribution in [-0.4, -0.2) is 27.2 Å². The molecule has 0 spiro atoms. The first-order valence-corrected chi connectivity index (χ1v) is 7.99. The summed E-state index contributed by atoms with van der Waals surface area (Å²) < 4.78 is 53.8. The molecule has 0 heterocycles. The van der Waals surface area contributed by atoms with Crippen LogP contribution in [0.25, 0.3) is 0 Å². The van der Waals surface area contributed by atoms with Crippen LogP contribution in [0.3, 0.4) is 0 Å². The summed E-state index contributed by atoms with van der Waals surface area (Å²) in [6.07, 6.45) is -4.44. The number of rotatable bonds is 5. The van der Waals surface area contributed by atoms with E-state index in [9.17, 15) is 18.0 Å². The van der Waals surface area contributed by atoms with E-state index in [0.717, 1.165) is 12.1 Å². The lowest BCUT2D eigenvalue weighted by Crippen LogP contribution is -2.14. The summed E-state index contributed by atoms with van der Waals surface area (Å²) in [6, 6.07) is 5.56. The number of benzene rings is 2. The quantitative estimate of drug-likeness (QED) is 0.739. The fraction of sp³-hybridized carbons (Fsp3) is 0.235. The van der Waals surface area contributed by atoms with Crippen molar-refractivity contribution in [1.29, 1.82) is 0 Å². The number of ether oxygens (including phenoxy) is 3. The number of amides is 1. The Kier molecular flexibility index (Phi) is 6.01. The van der Waals surface area contributed by atoms with Gasteiger partial charge in [-0.3, -0.25) is 4.79 Å². The van der Waals surface area contributed by atoms with Gasteiger partial charge >= 0.3 is 6.18 Å². The number of carbonyl (C=O) groups excluding carboxylic acids is 1. The van der Waals surface area contributed by atoms with E-state index in [-0.39, 0.29) is 22.7 Å². The zero-order valence-corrected chi connectivity index (χ0v) is 15.6. The summed E-state index contributed by atoms with van der Waals surface area (Å²) in [5.41, 5.74) is -0.424. The van der Waals surface area contributed by atoms with Gasteiger partial charge in [-0.1, -0.05) is 0 Å². The zero-order chi connectivity index (χ0) is 19.5. The minimum Gasteiger partial charge on any atom is -0.493 e. The number of nitrogens with one attached hydrogen (secondary N) is 1. The van der Waals surface area contributed by atoms with Crippen molar-refractivity contribution in [3.63, 3.8) is 0 Å². The summed E-state index contributed by atoms with van der Waals surface area (Å²) in [4.78, 5) is 12.5. The highest BCUT2D eigenvalue weighted by Crippen LogP contribution is 2.44. The molecule has 5 nitrogen and oxygen atoms in total. The van der Waals surface area contributed by atoms with E-state index in [4.69, 9.17) is 14.2 Å². The molecule has 1 N–H and O–H groups in total. The average molecular weight is 434 g/mol. The van der Waals surface area contributed by atoms with Gasteiger partial charge in [-0.25, -0.2) is 0 Å². The average Bonchev–Trinajstić information content (AvgIpc) is 2.60. The van der Waals surface area contributed by atoms with Crippen LogP contribution >= 0.6 is 15.9 Å². The molecule has 0 aromatic heterocycles. The van der Waals surface area contributed by atoms with Crippen LogP contribution in [0.4, 0.5) is 18.9 Å². The number of halogens is 4. The van der Waals surface area contributed by atoms with Crippen molar-refractivity contribution in [1.82, 2.24) is 0 Å². The van der Waals surface area contributed by atoms with Gasteiger partial charge in [-0.05, 0) is 46.3 Å². The molecule has 0 aliphatic rings. The first-order chi connectivity index (χ1) is 12.2. The van der Waals surface area contributed by atoms with Crippen molar-refractivity contribution in [2.45, 2.75) is 6.18 Å². The number of hydrogen-bond donors (Lipinski definition) is 1. The molecule has 0 atom stereocenters. The molecule has 0 unspecified atom stereocenters. The van der Waals surface area contributed by atoms with Crippen LogP contribution < -0.4 is 19.5 Å². The van der Waals surface area contributed by atoms with E-state index < -0.39 is 17.6 Å². The Morgan fingerprint density at radius 3 is 2.04 bits per heavy atom. The summed E-state index contributed by atoms with van der Waals surface area (Å²) in [7, 11) is 4.23. The minimum atomic E-state index is -4.44. The summed E-state index contributed by atoms with van der Waals surface area (Å²) >= 11 is 3.28. The normalized spacial score (nSPS) is 11.0. The van der Waals surface area contributed by atoms with Crippen molar-refractivity contribution >= 4 is 27.5 Å². The van der Waals surface area contributed by atoms with Gasteiger partial charge in [0.1, 0.15) is 0 Å². The molecular weight excluding hydrogens is 419 g/mol. The second kappa shape index (κ2) is 7.86. The lowest BCUT2D eigenvalue weighted by molar-refractivity contribution is -0.137. The molecule has 2 rings (SSSR count). The Balaban J connectivity index is 2.35. The zero-order valence-electron chi connectivity index (χ0n) is 14.0. The van der Waals surface area contributed by atoms with Crippen LogP contribution in [0, 0.1) is 0 Å². The van der Waals surface area contributed by atoms with Crippen molar-refractivity contribution in [3.05, 3.63) is 45.9 Å². The fourth-order valence-corrected chi connectivity index (χ4v) is 2.86. The highest BCUT2D eigenvalue weighted by Gasteiger charge is 2.30. The highest BCUT2D eigenvalue weighted by atomic mass is 79.9. The third-order valence-corrected chi connectivity index (χ3v) is 4.27. The van der Waals surface area contributed by atoms with Crippen LogP contribution in [0.2, 0.25) is 0 Å². The first-order valence-electron chi connectivity index (χ1n) is 7.20. The molecule has 0 saturated heterocycles. The topological polar surface area (TPSA) is 56.8 Å². The number of methoxy groups -OCH3 is 3. The summed E-state index contributed by atoms with van der Waals surface area (Å²) in [5, 5.41) is 2.53. The lowest BCUT2D eigenvalue weighted by Gasteiger charge is -2.16. The Bertz CT molecular complexity index is 807. The molecule has 0 radical (unpaired) electrons. The maximum Gasteiger partial charge on any atom is 0.416 e. The molecule has 0 fully saturated rings. The molecule has 140 valence electrons. The summed E-state index contributed by atoms with van der Waals surface area (Å²) in [5.74, 6) is 0.262. The Hall–Kier alpha value is -2.42. The summed E-state index contributed by atoms with van der Waals surface area (Å²) in [6.45, 7) is 0. The first kappa shape index (κ1) is 19.9. The van der Waals surface area contributed by atoms with E-state index >= 15 is 0 Å². The minimum absolute atomic E-state index is 0.166. The Morgan fingerprint density at radius 2 is 1.58 bits per heavy atom. The molecule has 0 bridgehead atoms. The second-order valence-electron chi connectivity index (χ2n) is 5.04. The molecule has 0 saturated carbocycles. The molecule has 1 amide bonds.